The van der Waals surface area contributed by atoms with E-state index >= 15 is 0 Å². The molecule has 3 aromatic carbocycles. The molecular formula is C22H20FI2NO. The molecule has 0 heterocycles. The maximum absolute atomic E-state index is 14.5. The summed E-state index contributed by atoms with van der Waals surface area (Å²) >= 11 is 4.37. The first-order chi connectivity index (χ1) is 13.1. The standard InChI is InChI=1S/C22H20FI2NO/c23-21-14-18(25)9-10-20(21)22(27-19-8-4-7-17(24)13-19)11-12-26-15-16-5-2-1-3-6-16/h1-10,13-14,22,26H,11-12,15H2. The lowest BCUT2D eigenvalue weighted by molar-refractivity contribution is 0.189. The molecule has 3 rings (SSSR count). The predicted octanol–water partition coefficient (Wildman–Crippen LogP) is 6.33. The smallest absolute Gasteiger partial charge is 0.131 e. The first-order valence-electron chi connectivity index (χ1n) is 8.73. The molecule has 0 saturated heterocycles. The Hall–Kier alpha value is -1.19. The van der Waals surface area contributed by atoms with Crippen LogP contribution >= 0.6 is 45.2 Å². The highest BCUT2D eigenvalue weighted by atomic mass is 127. The molecule has 0 bridgehead atoms. The van der Waals surface area contributed by atoms with Crippen molar-refractivity contribution >= 4 is 45.2 Å². The number of nitrogens with one attached hydrogen (secondary N) is 1. The minimum atomic E-state index is -0.344. The number of rotatable bonds is 8. The second-order valence-corrected chi connectivity index (χ2v) is 8.67. The summed E-state index contributed by atoms with van der Waals surface area (Å²) in [6.07, 6.45) is 0.332. The van der Waals surface area contributed by atoms with E-state index in [1.807, 2.05) is 54.6 Å². The van der Waals surface area contributed by atoms with Crippen LogP contribution in [0.1, 0.15) is 23.7 Å². The fraction of sp³-hybridized carbons (Fsp3) is 0.182. The highest BCUT2D eigenvalue weighted by Gasteiger charge is 2.18. The van der Waals surface area contributed by atoms with E-state index in [4.69, 9.17) is 4.74 Å². The number of benzene rings is 3. The molecule has 0 spiro atoms. The topological polar surface area (TPSA) is 21.3 Å². The Balaban J connectivity index is 1.69. The molecule has 0 amide bonds. The fourth-order valence-electron chi connectivity index (χ4n) is 2.81. The van der Waals surface area contributed by atoms with E-state index in [-0.39, 0.29) is 11.9 Å². The van der Waals surface area contributed by atoms with Crippen LogP contribution in [-0.2, 0) is 6.54 Å². The summed E-state index contributed by atoms with van der Waals surface area (Å²) in [5, 5.41) is 3.42. The van der Waals surface area contributed by atoms with Gasteiger partial charge in [0.1, 0.15) is 17.7 Å². The Morgan fingerprint density at radius 3 is 2.41 bits per heavy atom. The van der Waals surface area contributed by atoms with Gasteiger partial charge in [-0.05, 0) is 87.6 Å². The van der Waals surface area contributed by atoms with Crippen LogP contribution in [-0.4, -0.2) is 6.54 Å². The molecule has 0 fully saturated rings. The Morgan fingerprint density at radius 2 is 1.67 bits per heavy atom. The fourth-order valence-corrected chi connectivity index (χ4v) is 3.77. The summed E-state index contributed by atoms with van der Waals surface area (Å²) in [6.45, 7) is 1.51. The molecule has 5 heteroatoms. The van der Waals surface area contributed by atoms with Crippen molar-refractivity contribution in [3.63, 3.8) is 0 Å². The van der Waals surface area contributed by atoms with E-state index in [2.05, 4.69) is 62.6 Å². The number of halogens is 3. The third-order valence-electron chi connectivity index (χ3n) is 4.14. The molecule has 0 aliphatic heterocycles. The maximum atomic E-state index is 14.5. The first kappa shape index (κ1) is 20.5. The van der Waals surface area contributed by atoms with Gasteiger partial charge in [0.25, 0.3) is 0 Å². The third kappa shape index (κ3) is 6.43. The Bertz CT molecular complexity index is 873. The maximum Gasteiger partial charge on any atom is 0.131 e. The van der Waals surface area contributed by atoms with Crippen LogP contribution in [0.4, 0.5) is 4.39 Å². The minimum absolute atomic E-state index is 0.222. The van der Waals surface area contributed by atoms with E-state index in [1.165, 1.54) is 5.56 Å². The molecule has 1 unspecified atom stereocenters. The number of hydrogen-bond acceptors (Lipinski definition) is 2. The van der Waals surface area contributed by atoms with Crippen molar-refractivity contribution < 1.29 is 9.13 Å². The first-order valence-corrected chi connectivity index (χ1v) is 10.9. The third-order valence-corrected chi connectivity index (χ3v) is 5.48. The van der Waals surface area contributed by atoms with E-state index in [0.717, 1.165) is 26.0 Å². The van der Waals surface area contributed by atoms with Crippen LogP contribution in [0.3, 0.4) is 0 Å². The number of ether oxygens (including phenoxy) is 1. The van der Waals surface area contributed by atoms with Gasteiger partial charge in [0.2, 0.25) is 0 Å². The van der Waals surface area contributed by atoms with Crippen LogP contribution in [0.15, 0.2) is 72.8 Å². The molecule has 1 atom stereocenters. The summed E-state index contributed by atoms with van der Waals surface area (Å²) in [6, 6.07) is 23.4. The van der Waals surface area contributed by atoms with Crippen LogP contribution in [0.2, 0.25) is 0 Å². The zero-order valence-electron chi connectivity index (χ0n) is 14.7. The molecule has 2 nitrogen and oxygen atoms in total. The Kier molecular flexibility index (Phi) is 7.90. The van der Waals surface area contributed by atoms with Gasteiger partial charge in [0.05, 0.1) is 0 Å². The number of hydrogen-bond donors (Lipinski definition) is 1. The second-order valence-electron chi connectivity index (χ2n) is 6.18. The molecule has 0 radical (unpaired) electrons. The molecule has 3 aromatic rings. The van der Waals surface area contributed by atoms with E-state index in [9.17, 15) is 4.39 Å². The lowest BCUT2D eigenvalue weighted by atomic mass is 10.1. The van der Waals surface area contributed by atoms with Gasteiger partial charge in [0.15, 0.2) is 0 Å². The van der Waals surface area contributed by atoms with Gasteiger partial charge in [-0.3, -0.25) is 0 Å². The van der Waals surface area contributed by atoms with Gasteiger partial charge in [-0.15, -0.1) is 0 Å². The van der Waals surface area contributed by atoms with Crippen LogP contribution in [0.5, 0.6) is 5.75 Å². The zero-order valence-corrected chi connectivity index (χ0v) is 19.0. The zero-order chi connectivity index (χ0) is 19.1. The molecule has 0 saturated carbocycles. The van der Waals surface area contributed by atoms with E-state index in [0.29, 0.717) is 12.0 Å². The minimum Gasteiger partial charge on any atom is -0.486 e. The Morgan fingerprint density at radius 1 is 0.889 bits per heavy atom. The molecule has 0 aliphatic rings. The SMILES string of the molecule is Fc1cc(I)ccc1C(CCNCc1ccccc1)Oc1cccc(I)c1. The van der Waals surface area contributed by atoms with Crippen molar-refractivity contribution in [3.05, 3.63) is 96.9 Å². The quantitative estimate of drug-likeness (QED) is 0.246. The van der Waals surface area contributed by atoms with Crippen molar-refractivity contribution in [2.75, 3.05) is 6.54 Å². The van der Waals surface area contributed by atoms with Crippen LogP contribution in [0.25, 0.3) is 0 Å². The summed E-state index contributed by atoms with van der Waals surface area (Å²) in [5.74, 6) is 0.536. The summed E-state index contributed by atoms with van der Waals surface area (Å²) in [5.41, 5.74) is 1.82. The average molecular weight is 587 g/mol. The van der Waals surface area contributed by atoms with Crippen molar-refractivity contribution in [2.45, 2.75) is 19.1 Å². The summed E-state index contributed by atoms with van der Waals surface area (Å²) in [7, 11) is 0. The highest BCUT2D eigenvalue weighted by molar-refractivity contribution is 14.1. The monoisotopic (exact) mass is 587 g/mol. The van der Waals surface area contributed by atoms with Gasteiger partial charge >= 0.3 is 0 Å². The summed E-state index contributed by atoms with van der Waals surface area (Å²) < 4.78 is 22.7. The predicted molar refractivity (Wildman–Crippen MR) is 124 cm³/mol. The van der Waals surface area contributed by atoms with Crippen LogP contribution in [0, 0.1) is 13.0 Å². The lowest BCUT2D eigenvalue weighted by Crippen LogP contribution is -2.20. The van der Waals surface area contributed by atoms with Crippen molar-refractivity contribution in [1.82, 2.24) is 5.32 Å². The largest absolute Gasteiger partial charge is 0.486 e. The second kappa shape index (κ2) is 10.4. The highest BCUT2D eigenvalue weighted by Crippen LogP contribution is 2.28. The average Bonchev–Trinajstić information content (AvgIpc) is 2.65. The Labute approximate surface area is 186 Å². The van der Waals surface area contributed by atoms with Gasteiger partial charge in [-0.2, -0.15) is 0 Å². The van der Waals surface area contributed by atoms with Gasteiger partial charge in [-0.1, -0.05) is 42.5 Å². The van der Waals surface area contributed by atoms with Gasteiger partial charge in [-0.25, -0.2) is 4.39 Å². The summed E-state index contributed by atoms with van der Waals surface area (Å²) in [4.78, 5) is 0. The van der Waals surface area contributed by atoms with E-state index in [1.54, 1.807) is 6.07 Å². The molecular weight excluding hydrogens is 567 g/mol. The van der Waals surface area contributed by atoms with Gasteiger partial charge < -0.3 is 10.1 Å². The molecule has 0 aromatic heterocycles. The molecule has 140 valence electrons. The van der Waals surface area contributed by atoms with Crippen molar-refractivity contribution in [3.8, 4) is 5.75 Å². The van der Waals surface area contributed by atoms with E-state index < -0.39 is 0 Å². The van der Waals surface area contributed by atoms with Crippen molar-refractivity contribution in [1.29, 1.82) is 0 Å². The molecule has 0 aliphatic carbocycles. The van der Waals surface area contributed by atoms with Gasteiger partial charge in [0, 0.05) is 25.7 Å². The lowest BCUT2D eigenvalue weighted by Gasteiger charge is -2.21. The van der Waals surface area contributed by atoms with Crippen LogP contribution < -0.4 is 10.1 Å². The normalized spacial score (nSPS) is 12.0. The molecule has 27 heavy (non-hydrogen) atoms. The molecule has 1 N–H and O–H groups in total. The van der Waals surface area contributed by atoms with Crippen molar-refractivity contribution in [2.24, 2.45) is 0 Å².